The van der Waals surface area contributed by atoms with Gasteiger partial charge in [0, 0.05) is 11.5 Å². The number of thioether (sulfide) groups is 3. The lowest BCUT2D eigenvalue weighted by atomic mass is 10.3. The Morgan fingerprint density at radius 3 is 1.93 bits per heavy atom. The van der Waals surface area contributed by atoms with E-state index in [1.54, 1.807) is 0 Å². The second-order valence-corrected chi connectivity index (χ2v) is 5.36. The average molecular weight is 252 g/mol. The van der Waals surface area contributed by atoms with E-state index in [0.29, 0.717) is 0 Å². The second-order valence-electron chi connectivity index (χ2n) is 2.62. The molecule has 0 spiro atoms. The van der Waals surface area contributed by atoms with Crippen LogP contribution in [-0.4, -0.2) is 31.5 Å². The third-order valence-corrected chi connectivity index (χ3v) is 5.17. The Bertz CT molecular complexity index is 174. The van der Waals surface area contributed by atoms with Gasteiger partial charge in [-0.15, -0.1) is 35.3 Å². The van der Waals surface area contributed by atoms with E-state index in [0.717, 1.165) is 13.0 Å². The van der Waals surface area contributed by atoms with E-state index in [1.807, 2.05) is 35.3 Å². The Hall–Kier alpha value is 0.750. The van der Waals surface area contributed by atoms with Gasteiger partial charge in [0.1, 0.15) is 0 Å². The summed E-state index contributed by atoms with van der Waals surface area (Å²) in [6, 6.07) is 0. The Balaban J connectivity index is 4.70. The summed E-state index contributed by atoms with van der Waals surface area (Å²) in [5, 5.41) is 0. The standard InChI is InChI=1S/C10H20OS3/c1-6-8(11-7-2)9(12-3)10(13-4)14-5/h8H,6-7H2,1-5H3. The largest absolute Gasteiger partial charge is 0.373 e. The zero-order chi connectivity index (χ0) is 11.0. The summed E-state index contributed by atoms with van der Waals surface area (Å²) in [5.74, 6) is 0. The highest BCUT2D eigenvalue weighted by Crippen LogP contribution is 2.36. The minimum atomic E-state index is 0.282. The predicted octanol–water partition coefficient (Wildman–Crippen LogP) is 4.06. The van der Waals surface area contributed by atoms with E-state index in [9.17, 15) is 0 Å². The maximum absolute atomic E-state index is 5.72. The van der Waals surface area contributed by atoms with Gasteiger partial charge in [-0.05, 0) is 32.1 Å². The summed E-state index contributed by atoms with van der Waals surface area (Å²) in [5.41, 5.74) is 0. The van der Waals surface area contributed by atoms with Crippen LogP contribution in [0.3, 0.4) is 0 Å². The summed E-state index contributed by atoms with van der Waals surface area (Å²) >= 11 is 5.44. The Labute approximate surface area is 101 Å². The van der Waals surface area contributed by atoms with Crippen molar-refractivity contribution in [1.29, 1.82) is 0 Å². The van der Waals surface area contributed by atoms with Crippen LogP contribution >= 0.6 is 35.3 Å². The van der Waals surface area contributed by atoms with Crippen LogP contribution in [0.15, 0.2) is 9.14 Å². The van der Waals surface area contributed by atoms with E-state index < -0.39 is 0 Å². The van der Waals surface area contributed by atoms with Crippen LogP contribution in [0.5, 0.6) is 0 Å². The third kappa shape index (κ3) is 4.51. The van der Waals surface area contributed by atoms with Crippen molar-refractivity contribution in [1.82, 2.24) is 0 Å². The molecule has 0 radical (unpaired) electrons. The van der Waals surface area contributed by atoms with Gasteiger partial charge >= 0.3 is 0 Å². The van der Waals surface area contributed by atoms with Gasteiger partial charge in [0.15, 0.2) is 0 Å². The highest BCUT2D eigenvalue weighted by molar-refractivity contribution is 8.22. The highest BCUT2D eigenvalue weighted by atomic mass is 32.2. The van der Waals surface area contributed by atoms with Crippen molar-refractivity contribution >= 4 is 35.3 Å². The van der Waals surface area contributed by atoms with Crippen LogP contribution in [0.1, 0.15) is 20.3 Å². The fourth-order valence-corrected chi connectivity index (χ4v) is 4.21. The summed E-state index contributed by atoms with van der Waals surface area (Å²) in [7, 11) is 0. The van der Waals surface area contributed by atoms with Crippen molar-refractivity contribution in [3.8, 4) is 0 Å². The lowest BCUT2D eigenvalue weighted by molar-refractivity contribution is 0.0914. The molecule has 0 rings (SSSR count). The van der Waals surface area contributed by atoms with Gasteiger partial charge in [-0.2, -0.15) is 0 Å². The predicted molar refractivity (Wildman–Crippen MR) is 73.3 cm³/mol. The van der Waals surface area contributed by atoms with Gasteiger partial charge in [0.25, 0.3) is 0 Å². The molecule has 4 heteroatoms. The van der Waals surface area contributed by atoms with Gasteiger partial charge in [0.05, 0.1) is 10.3 Å². The van der Waals surface area contributed by atoms with Crippen LogP contribution < -0.4 is 0 Å². The average Bonchev–Trinajstić information content (AvgIpc) is 2.23. The van der Waals surface area contributed by atoms with Crippen molar-refractivity contribution in [2.75, 3.05) is 25.4 Å². The lowest BCUT2D eigenvalue weighted by Crippen LogP contribution is -2.13. The van der Waals surface area contributed by atoms with Crippen molar-refractivity contribution in [3.63, 3.8) is 0 Å². The summed E-state index contributed by atoms with van der Waals surface area (Å²) < 4.78 is 7.11. The first-order valence-corrected chi connectivity index (χ1v) is 8.40. The smallest absolute Gasteiger partial charge is 0.0896 e. The number of rotatable bonds is 7. The van der Waals surface area contributed by atoms with E-state index in [4.69, 9.17) is 4.74 Å². The van der Waals surface area contributed by atoms with Crippen LogP contribution in [0.4, 0.5) is 0 Å². The molecule has 0 aliphatic carbocycles. The van der Waals surface area contributed by atoms with E-state index in [2.05, 4.69) is 32.6 Å². The molecule has 0 saturated heterocycles. The first-order valence-electron chi connectivity index (χ1n) is 4.72. The minimum Gasteiger partial charge on any atom is -0.373 e. The number of hydrogen-bond acceptors (Lipinski definition) is 4. The van der Waals surface area contributed by atoms with Gasteiger partial charge in [-0.3, -0.25) is 0 Å². The number of ether oxygens (including phenoxy) is 1. The van der Waals surface area contributed by atoms with E-state index >= 15 is 0 Å². The molecule has 0 aromatic heterocycles. The van der Waals surface area contributed by atoms with Crippen molar-refractivity contribution in [2.45, 2.75) is 26.4 Å². The molecular formula is C10H20OS3. The molecule has 0 aromatic carbocycles. The maximum Gasteiger partial charge on any atom is 0.0896 e. The molecule has 1 nitrogen and oxygen atoms in total. The summed E-state index contributed by atoms with van der Waals surface area (Å²) in [4.78, 5) is 1.38. The third-order valence-electron chi connectivity index (χ3n) is 1.82. The molecule has 0 aliphatic rings. The van der Waals surface area contributed by atoms with Gasteiger partial charge in [-0.1, -0.05) is 6.92 Å². The lowest BCUT2D eigenvalue weighted by Gasteiger charge is -2.19. The molecule has 1 unspecified atom stereocenters. The molecule has 0 amide bonds. The molecule has 0 bridgehead atoms. The van der Waals surface area contributed by atoms with Crippen molar-refractivity contribution in [2.24, 2.45) is 0 Å². The normalized spacial score (nSPS) is 12.6. The quantitative estimate of drug-likeness (QED) is 0.675. The first-order chi connectivity index (χ1) is 6.74. The molecular weight excluding hydrogens is 232 g/mol. The molecule has 0 heterocycles. The minimum absolute atomic E-state index is 0.282. The summed E-state index contributed by atoms with van der Waals surface area (Å²) in [6.45, 7) is 5.02. The zero-order valence-electron chi connectivity index (χ0n) is 9.62. The van der Waals surface area contributed by atoms with E-state index in [1.165, 1.54) is 9.14 Å². The van der Waals surface area contributed by atoms with Crippen LogP contribution in [0, 0.1) is 0 Å². The molecule has 0 saturated carbocycles. The van der Waals surface area contributed by atoms with Gasteiger partial charge in [-0.25, -0.2) is 0 Å². The Morgan fingerprint density at radius 2 is 1.64 bits per heavy atom. The highest BCUT2D eigenvalue weighted by Gasteiger charge is 2.15. The fraction of sp³-hybridized carbons (Fsp3) is 0.800. The van der Waals surface area contributed by atoms with E-state index in [-0.39, 0.29) is 6.10 Å². The topological polar surface area (TPSA) is 9.23 Å². The van der Waals surface area contributed by atoms with Crippen LogP contribution in [0.2, 0.25) is 0 Å². The molecule has 14 heavy (non-hydrogen) atoms. The monoisotopic (exact) mass is 252 g/mol. The van der Waals surface area contributed by atoms with Gasteiger partial charge < -0.3 is 4.74 Å². The summed E-state index contributed by atoms with van der Waals surface area (Å²) in [6.07, 6.45) is 7.71. The Kier molecular flexibility index (Phi) is 9.49. The van der Waals surface area contributed by atoms with Crippen molar-refractivity contribution < 1.29 is 4.74 Å². The SMILES string of the molecule is CCOC(CC)C(SC)=C(SC)SC. The fourth-order valence-electron chi connectivity index (χ4n) is 1.21. The first kappa shape index (κ1) is 14.8. The Morgan fingerprint density at radius 1 is 1.07 bits per heavy atom. The second kappa shape index (κ2) is 9.01. The van der Waals surface area contributed by atoms with Crippen molar-refractivity contribution in [3.05, 3.63) is 9.14 Å². The molecule has 84 valence electrons. The maximum atomic E-state index is 5.72. The molecule has 1 atom stereocenters. The molecule has 0 fully saturated rings. The zero-order valence-corrected chi connectivity index (χ0v) is 12.1. The molecule has 0 N–H and O–H groups in total. The van der Waals surface area contributed by atoms with Crippen LogP contribution in [0.25, 0.3) is 0 Å². The molecule has 0 aliphatic heterocycles. The number of hydrogen-bond donors (Lipinski definition) is 0. The van der Waals surface area contributed by atoms with Crippen LogP contribution in [-0.2, 0) is 4.74 Å². The molecule has 0 aromatic rings. The van der Waals surface area contributed by atoms with Gasteiger partial charge in [0.2, 0.25) is 0 Å².